The van der Waals surface area contributed by atoms with Crippen molar-refractivity contribution in [2.75, 3.05) is 20.1 Å². The normalized spacial score (nSPS) is 12.9. The molecule has 0 amide bonds. The lowest BCUT2D eigenvalue weighted by Crippen LogP contribution is -2.33. The van der Waals surface area contributed by atoms with Crippen LogP contribution < -0.4 is 5.73 Å². The lowest BCUT2D eigenvalue weighted by Gasteiger charge is -2.29. The van der Waals surface area contributed by atoms with Crippen molar-refractivity contribution in [1.29, 1.82) is 0 Å². The second kappa shape index (κ2) is 7.39. The maximum atomic E-state index is 5.99. The van der Waals surface area contributed by atoms with Gasteiger partial charge < -0.3 is 5.73 Å². The first-order chi connectivity index (χ1) is 10.1. The van der Waals surface area contributed by atoms with Crippen molar-refractivity contribution in [3.63, 3.8) is 0 Å². The van der Waals surface area contributed by atoms with E-state index in [4.69, 9.17) is 5.73 Å². The summed E-state index contributed by atoms with van der Waals surface area (Å²) in [5.74, 6) is 0.646. The van der Waals surface area contributed by atoms with Gasteiger partial charge in [-0.1, -0.05) is 68.4 Å². The second-order valence-electron chi connectivity index (χ2n) is 6.07. The first kappa shape index (κ1) is 15.7. The van der Waals surface area contributed by atoms with Crippen LogP contribution in [0, 0.1) is 5.92 Å². The van der Waals surface area contributed by atoms with E-state index in [1.54, 1.807) is 0 Å². The van der Waals surface area contributed by atoms with E-state index in [0.29, 0.717) is 12.5 Å². The molecule has 2 rings (SSSR count). The molecule has 0 aliphatic heterocycles. The molecule has 0 saturated carbocycles. The Labute approximate surface area is 128 Å². The molecule has 0 saturated heterocycles. The molecule has 0 radical (unpaired) electrons. The Morgan fingerprint density at radius 1 is 0.905 bits per heavy atom. The van der Waals surface area contributed by atoms with Gasteiger partial charge in [-0.3, -0.25) is 4.90 Å². The predicted molar refractivity (Wildman–Crippen MR) is 91.1 cm³/mol. The smallest absolute Gasteiger partial charge is 0.0467 e. The maximum Gasteiger partial charge on any atom is 0.0467 e. The van der Waals surface area contributed by atoms with Crippen LogP contribution in [0.25, 0.3) is 11.1 Å². The molecule has 0 aliphatic rings. The largest absolute Gasteiger partial charge is 0.329 e. The first-order valence-corrected chi connectivity index (χ1v) is 7.67. The van der Waals surface area contributed by atoms with Crippen LogP contribution in [0.2, 0.25) is 0 Å². The van der Waals surface area contributed by atoms with E-state index in [1.165, 1.54) is 16.7 Å². The van der Waals surface area contributed by atoms with Crippen LogP contribution in [0.4, 0.5) is 0 Å². The van der Waals surface area contributed by atoms with Gasteiger partial charge in [0, 0.05) is 19.1 Å². The highest BCUT2D eigenvalue weighted by Gasteiger charge is 2.16. The van der Waals surface area contributed by atoms with Crippen molar-refractivity contribution in [1.82, 2.24) is 4.90 Å². The van der Waals surface area contributed by atoms with Crippen LogP contribution in [0.15, 0.2) is 54.6 Å². The predicted octanol–water partition coefficient (Wildman–Crippen LogP) is 3.94. The molecular weight excluding hydrogens is 256 g/mol. The summed E-state index contributed by atoms with van der Waals surface area (Å²) >= 11 is 0. The average Bonchev–Trinajstić information content (AvgIpc) is 2.49. The van der Waals surface area contributed by atoms with Gasteiger partial charge >= 0.3 is 0 Å². The number of likely N-dealkylation sites (N-methyl/N-ethyl adjacent to an activating group) is 1. The average molecular weight is 282 g/mol. The van der Waals surface area contributed by atoms with Crippen molar-refractivity contribution in [2.45, 2.75) is 19.9 Å². The van der Waals surface area contributed by atoms with Crippen LogP contribution in [0.5, 0.6) is 0 Å². The summed E-state index contributed by atoms with van der Waals surface area (Å²) < 4.78 is 0. The number of hydrogen-bond donors (Lipinski definition) is 1. The Kier molecular flexibility index (Phi) is 5.54. The fraction of sp³-hybridized carbons (Fsp3) is 0.368. The second-order valence-corrected chi connectivity index (χ2v) is 6.07. The van der Waals surface area contributed by atoms with Gasteiger partial charge in [0.05, 0.1) is 0 Å². The van der Waals surface area contributed by atoms with E-state index in [1.807, 2.05) is 6.07 Å². The molecule has 0 spiro atoms. The number of rotatable bonds is 6. The van der Waals surface area contributed by atoms with Gasteiger partial charge in [0.25, 0.3) is 0 Å². The highest BCUT2D eigenvalue weighted by atomic mass is 15.1. The minimum atomic E-state index is 0.289. The quantitative estimate of drug-likeness (QED) is 0.869. The summed E-state index contributed by atoms with van der Waals surface area (Å²) in [4.78, 5) is 2.35. The molecule has 2 aromatic rings. The van der Waals surface area contributed by atoms with E-state index in [9.17, 15) is 0 Å². The van der Waals surface area contributed by atoms with Crippen molar-refractivity contribution >= 4 is 0 Å². The molecule has 1 unspecified atom stereocenters. The summed E-state index contributed by atoms with van der Waals surface area (Å²) in [5, 5.41) is 0. The molecule has 0 aromatic heterocycles. The van der Waals surface area contributed by atoms with E-state index in [0.717, 1.165) is 6.54 Å². The van der Waals surface area contributed by atoms with Crippen LogP contribution in [-0.2, 0) is 0 Å². The highest BCUT2D eigenvalue weighted by molar-refractivity contribution is 5.63. The SMILES string of the molecule is CC(C)CN(C)C(CN)c1ccc(-c2ccccc2)cc1. The molecule has 1 atom stereocenters. The molecule has 2 N–H and O–H groups in total. The minimum absolute atomic E-state index is 0.289. The maximum absolute atomic E-state index is 5.99. The zero-order valence-corrected chi connectivity index (χ0v) is 13.3. The molecule has 2 nitrogen and oxygen atoms in total. The van der Waals surface area contributed by atoms with Crippen molar-refractivity contribution in [3.8, 4) is 11.1 Å². The summed E-state index contributed by atoms with van der Waals surface area (Å²) in [5.41, 5.74) is 9.79. The molecule has 2 heteroatoms. The van der Waals surface area contributed by atoms with Gasteiger partial charge in [-0.15, -0.1) is 0 Å². The van der Waals surface area contributed by atoms with E-state index in [2.05, 4.69) is 74.3 Å². The molecule has 0 bridgehead atoms. The molecule has 2 aromatic carbocycles. The molecule has 0 fully saturated rings. The van der Waals surface area contributed by atoms with Crippen molar-refractivity contribution in [2.24, 2.45) is 11.7 Å². The number of nitrogens with zero attached hydrogens (tertiary/aromatic N) is 1. The van der Waals surface area contributed by atoms with Gasteiger partial charge in [0.2, 0.25) is 0 Å². The van der Waals surface area contributed by atoms with Crippen LogP contribution >= 0.6 is 0 Å². The van der Waals surface area contributed by atoms with E-state index < -0.39 is 0 Å². The summed E-state index contributed by atoms with van der Waals surface area (Å²) in [7, 11) is 2.16. The van der Waals surface area contributed by atoms with Crippen LogP contribution in [0.3, 0.4) is 0 Å². The fourth-order valence-electron chi connectivity index (χ4n) is 2.80. The van der Waals surface area contributed by atoms with Gasteiger partial charge in [-0.2, -0.15) is 0 Å². The number of nitrogens with two attached hydrogens (primary N) is 1. The molecule has 0 aliphatic carbocycles. The lowest BCUT2D eigenvalue weighted by molar-refractivity contribution is 0.224. The zero-order chi connectivity index (χ0) is 15.2. The molecule has 112 valence electrons. The number of benzene rings is 2. The molecule has 21 heavy (non-hydrogen) atoms. The summed E-state index contributed by atoms with van der Waals surface area (Å²) in [6, 6.07) is 19.5. The van der Waals surface area contributed by atoms with Gasteiger partial charge in [0.15, 0.2) is 0 Å². The Bertz CT molecular complexity index is 531. The highest BCUT2D eigenvalue weighted by Crippen LogP contribution is 2.24. The third-order valence-corrected chi connectivity index (χ3v) is 3.81. The number of hydrogen-bond acceptors (Lipinski definition) is 2. The summed E-state index contributed by atoms with van der Waals surface area (Å²) in [6.45, 7) is 6.18. The Hall–Kier alpha value is -1.64. The zero-order valence-electron chi connectivity index (χ0n) is 13.3. The van der Waals surface area contributed by atoms with Crippen LogP contribution in [-0.4, -0.2) is 25.0 Å². The first-order valence-electron chi connectivity index (χ1n) is 7.67. The van der Waals surface area contributed by atoms with E-state index >= 15 is 0 Å². The Balaban J connectivity index is 2.17. The van der Waals surface area contributed by atoms with Crippen LogP contribution in [0.1, 0.15) is 25.5 Å². The molecular formula is C19H26N2. The fourth-order valence-corrected chi connectivity index (χ4v) is 2.80. The third-order valence-electron chi connectivity index (χ3n) is 3.81. The van der Waals surface area contributed by atoms with Gasteiger partial charge in [-0.25, -0.2) is 0 Å². The monoisotopic (exact) mass is 282 g/mol. The topological polar surface area (TPSA) is 29.3 Å². The van der Waals surface area contributed by atoms with Crippen molar-refractivity contribution in [3.05, 3.63) is 60.2 Å². The van der Waals surface area contributed by atoms with Gasteiger partial charge in [-0.05, 0) is 29.7 Å². The minimum Gasteiger partial charge on any atom is -0.329 e. The standard InChI is InChI=1S/C19H26N2/c1-15(2)14-21(3)19(13-20)18-11-9-17(10-12-18)16-7-5-4-6-8-16/h4-12,15,19H,13-14,20H2,1-3H3. The van der Waals surface area contributed by atoms with Gasteiger partial charge in [0.1, 0.15) is 0 Å². The van der Waals surface area contributed by atoms with E-state index in [-0.39, 0.29) is 6.04 Å². The Morgan fingerprint density at radius 2 is 1.48 bits per heavy atom. The third kappa shape index (κ3) is 4.16. The lowest BCUT2D eigenvalue weighted by atomic mass is 9.99. The summed E-state index contributed by atoms with van der Waals surface area (Å²) in [6.07, 6.45) is 0. The van der Waals surface area contributed by atoms with Crippen molar-refractivity contribution < 1.29 is 0 Å². The Morgan fingerprint density at radius 3 is 2.00 bits per heavy atom. The molecule has 0 heterocycles.